The Hall–Kier alpha value is -2.45. The van der Waals surface area contributed by atoms with Gasteiger partial charge in [0.05, 0.1) is 5.92 Å². The lowest BCUT2D eigenvalue weighted by atomic mass is 9.95. The van der Waals surface area contributed by atoms with Crippen molar-refractivity contribution in [1.82, 2.24) is 15.2 Å². The van der Waals surface area contributed by atoms with E-state index in [4.69, 9.17) is 11.6 Å². The van der Waals surface area contributed by atoms with Crippen LogP contribution in [0.3, 0.4) is 0 Å². The van der Waals surface area contributed by atoms with Gasteiger partial charge in [-0.2, -0.15) is 0 Å². The molecule has 2 unspecified atom stereocenters. The molecule has 3 amide bonds. The van der Waals surface area contributed by atoms with E-state index in [1.54, 1.807) is 40.7 Å². The molecule has 1 aliphatic rings. The van der Waals surface area contributed by atoms with Crippen LogP contribution in [0.25, 0.3) is 0 Å². The SMILES string of the molecule is CC(C)CC(NC(=O)c1ccc(Cl)cc1)C(=O)N1CCCC(C(=O)Nc2nccs2)C1. The highest BCUT2D eigenvalue weighted by atomic mass is 35.5. The van der Waals surface area contributed by atoms with E-state index in [2.05, 4.69) is 15.6 Å². The zero-order valence-electron chi connectivity index (χ0n) is 17.6. The van der Waals surface area contributed by atoms with Gasteiger partial charge in [-0.15, -0.1) is 11.3 Å². The number of rotatable bonds is 7. The Labute approximate surface area is 191 Å². The molecule has 0 bridgehead atoms. The molecule has 2 N–H and O–H groups in total. The number of likely N-dealkylation sites (tertiary alicyclic amines) is 1. The molecule has 0 radical (unpaired) electrons. The second kappa shape index (κ2) is 10.7. The molecule has 1 aromatic heterocycles. The van der Waals surface area contributed by atoms with E-state index in [-0.39, 0.29) is 29.6 Å². The Balaban J connectivity index is 1.66. The Morgan fingerprint density at radius 1 is 1.26 bits per heavy atom. The zero-order chi connectivity index (χ0) is 22.4. The van der Waals surface area contributed by atoms with Crippen LogP contribution in [0.5, 0.6) is 0 Å². The highest BCUT2D eigenvalue weighted by Gasteiger charge is 2.33. The first-order chi connectivity index (χ1) is 14.8. The average molecular weight is 463 g/mol. The van der Waals surface area contributed by atoms with Crippen LogP contribution in [0.15, 0.2) is 35.8 Å². The minimum atomic E-state index is -0.649. The maximum Gasteiger partial charge on any atom is 0.251 e. The van der Waals surface area contributed by atoms with E-state index in [0.29, 0.717) is 41.6 Å². The molecule has 1 aliphatic heterocycles. The fourth-order valence-electron chi connectivity index (χ4n) is 3.64. The molecule has 9 heteroatoms. The molecule has 31 heavy (non-hydrogen) atoms. The molecule has 1 saturated heterocycles. The third kappa shape index (κ3) is 6.51. The van der Waals surface area contributed by atoms with Crippen molar-refractivity contribution in [2.45, 2.75) is 39.2 Å². The number of amides is 3. The molecule has 1 fully saturated rings. The predicted octanol–water partition coefficient (Wildman–Crippen LogP) is 3.82. The van der Waals surface area contributed by atoms with Crippen molar-refractivity contribution in [2.75, 3.05) is 18.4 Å². The first-order valence-corrected chi connectivity index (χ1v) is 11.6. The van der Waals surface area contributed by atoms with E-state index in [1.165, 1.54) is 11.3 Å². The number of halogens is 1. The van der Waals surface area contributed by atoms with E-state index in [0.717, 1.165) is 6.42 Å². The number of nitrogens with zero attached hydrogens (tertiary/aromatic N) is 2. The smallest absolute Gasteiger partial charge is 0.251 e. The fourth-order valence-corrected chi connectivity index (χ4v) is 4.30. The number of carbonyl (C=O) groups excluding carboxylic acids is 3. The lowest BCUT2D eigenvalue weighted by Gasteiger charge is -2.35. The summed E-state index contributed by atoms with van der Waals surface area (Å²) in [6.45, 7) is 4.93. The summed E-state index contributed by atoms with van der Waals surface area (Å²) in [5, 5.41) is 8.60. The van der Waals surface area contributed by atoms with Crippen LogP contribution in [0.1, 0.15) is 43.5 Å². The lowest BCUT2D eigenvalue weighted by Crippen LogP contribution is -2.52. The van der Waals surface area contributed by atoms with E-state index in [9.17, 15) is 14.4 Å². The number of thiazole rings is 1. The molecule has 0 aliphatic carbocycles. The molecule has 2 heterocycles. The van der Waals surface area contributed by atoms with Gasteiger partial charge in [-0.3, -0.25) is 14.4 Å². The lowest BCUT2D eigenvalue weighted by molar-refractivity contribution is -0.136. The van der Waals surface area contributed by atoms with Crippen LogP contribution in [0.4, 0.5) is 5.13 Å². The third-order valence-corrected chi connectivity index (χ3v) is 6.12. The molecule has 0 saturated carbocycles. The van der Waals surface area contributed by atoms with Gasteiger partial charge in [0.25, 0.3) is 5.91 Å². The fraction of sp³-hybridized carbons (Fsp3) is 0.455. The van der Waals surface area contributed by atoms with Crippen LogP contribution in [-0.2, 0) is 9.59 Å². The topological polar surface area (TPSA) is 91.4 Å². The Kier molecular flexibility index (Phi) is 8.03. The molecule has 2 atom stereocenters. The summed E-state index contributed by atoms with van der Waals surface area (Å²) in [5.41, 5.74) is 0.449. The van der Waals surface area contributed by atoms with E-state index >= 15 is 0 Å². The highest BCUT2D eigenvalue weighted by molar-refractivity contribution is 7.13. The summed E-state index contributed by atoms with van der Waals surface area (Å²) in [6, 6.07) is 5.91. The number of benzene rings is 1. The van der Waals surface area contributed by atoms with Gasteiger partial charge >= 0.3 is 0 Å². The number of aromatic nitrogens is 1. The summed E-state index contributed by atoms with van der Waals surface area (Å²) in [7, 11) is 0. The van der Waals surface area contributed by atoms with Gasteiger partial charge in [0.1, 0.15) is 6.04 Å². The van der Waals surface area contributed by atoms with Crippen LogP contribution in [0.2, 0.25) is 5.02 Å². The summed E-state index contributed by atoms with van der Waals surface area (Å²) in [4.78, 5) is 44.4. The minimum absolute atomic E-state index is 0.127. The number of nitrogens with one attached hydrogen (secondary N) is 2. The van der Waals surface area contributed by atoms with Crippen LogP contribution in [0, 0.1) is 11.8 Å². The number of hydrogen-bond acceptors (Lipinski definition) is 5. The maximum absolute atomic E-state index is 13.3. The van der Waals surface area contributed by atoms with Crippen LogP contribution >= 0.6 is 22.9 Å². The van der Waals surface area contributed by atoms with Crippen molar-refractivity contribution in [1.29, 1.82) is 0 Å². The van der Waals surface area contributed by atoms with E-state index in [1.807, 2.05) is 13.8 Å². The van der Waals surface area contributed by atoms with Gasteiger partial charge < -0.3 is 15.5 Å². The van der Waals surface area contributed by atoms with Gasteiger partial charge in [0.15, 0.2) is 5.13 Å². The van der Waals surface area contributed by atoms with Gasteiger partial charge in [-0.25, -0.2) is 4.98 Å². The molecule has 1 aromatic carbocycles. The first kappa shape index (κ1) is 23.2. The molecule has 166 valence electrons. The Morgan fingerprint density at radius 2 is 2.00 bits per heavy atom. The Bertz CT molecular complexity index is 902. The third-order valence-electron chi connectivity index (χ3n) is 5.18. The van der Waals surface area contributed by atoms with Crippen molar-refractivity contribution in [3.63, 3.8) is 0 Å². The van der Waals surface area contributed by atoms with Crippen LogP contribution in [-0.4, -0.2) is 46.7 Å². The maximum atomic E-state index is 13.3. The molecule has 2 aromatic rings. The summed E-state index contributed by atoms with van der Waals surface area (Å²) < 4.78 is 0. The molecule has 3 rings (SSSR count). The van der Waals surface area contributed by atoms with Crippen molar-refractivity contribution < 1.29 is 14.4 Å². The van der Waals surface area contributed by atoms with Crippen molar-refractivity contribution >= 4 is 45.8 Å². The quantitative estimate of drug-likeness (QED) is 0.654. The molecule has 0 spiro atoms. The minimum Gasteiger partial charge on any atom is -0.340 e. The molecular formula is C22H27ClN4O3S. The van der Waals surface area contributed by atoms with Crippen molar-refractivity contribution in [3.05, 3.63) is 46.4 Å². The number of carbonyl (C=O) groups is 3. The Morgan fingerprint density at radius 3 is 2.65 bits per heavy atom. The highest BCUT2D eigenvalue weighted by Crippen LogP contribution is 2.21. The van der Waals surface area contributed by atoms with E-state index < -0.39 is 6.04 Å². The second-order valence-electron chi connectivity index (χ2n) is 8.11. The van der Waals surface area contributed by atoms with Crippen molar-refractivity contribution in [2.24, 2.45) is 11.8 Å². The number of anilines is 1. The summed E-state index contributed by atoms with van der Waals surface area (Å²) in [5.74, 6) is -0.673. The van der Waals surface area contributed by atoms with Gasteiger partial charge in [0.2, 0.25) is 11.8 Å². The number of hydrogen-bond donors (Lipinski definition) is 2. The zero-order valence-corrected chi connectivity index (χ0v) is 19.2. The summed E-state index contributed by atoms with van der Waals surface area (Å²) >= 11 is 7.26. The van der Waals surface area contributed by atoms with Gasteiger partial charge in [-0.05, 0) is 49.4 Å². The summed E-state index contributed by atoms with van der Waals surface area (Å²) in [6.07, 6.45) is 3.61. The predicted molar refractivity (Wildman–Crippen MR) is 122 cm³/mol. The monoisotopic (exact) mass is 462 g/mol. The molecule has 7 nitrogen and oxygen atoms in total. The van der Waals surface area contributed by atoms with Gasteiger partial charge in [0, 0.05) is 35.3 Å². The van der Waals surface area contributed by atoms with Crippen LogP contribution < -0.4 is 10.6 Å². The van der Waals surface area contributed by atoms with Crippen molar-refractivity contribution in [3.8, 4) is 0 Å². The standard InChI is InChI=1S/C22H27ClN4O3S/c1-14(2)12-18(25-19(28)15-5-7-17(23)8-6-15)21(30)27-10-3-4-16(13-27)20(29)26-22-24-9-11-31-22/h5-9,11,14,16,18H,3-4,10,12-13H2,1-2H3,(H,25,28)(H,24,26,29). The normalized spacial score (nSPS) is 17.3. The first-order valence-electron chi connectivity index (χ1n) is 10.4. The largest absolute Gasteiger partial charge is 0.340 e. The average Bonchev–Trinajstić information content (AvgIpc) is 3.26. The van der Waals surface area contributed by atoms with Gasteiger partial charge in [-0.1, -0.05) is 25.4 Å². The second-order valence-corrected chi connectivity index (χ2v) is 9.44. The molecular weight excluding hydrogens is 436 g/mol. The number of piperidine rings is 1.